The van der Waals surface area contributed by atoms with Crippen LogP contribution in [-0.2, 0) is 16.4 Å². The van der Waals surface area contributed by atoms with Gasteiger partial charge in [0.25, 0.3) is 0 Å². The molecule has 1 rings (SSSR count). The van der Waals surface area contributed by atoms with Crippen LogP contribution in [0.1, 0.15) is 12.5 Å². The molecule has 102 valence electrons. The molecule has 0 unspecified atom stereocenters. The molecule has 0 N–H and O–H groups in total. The first-order valence-corrected chi connectivity index (χ1v) is 8.36. The van der Waals surface area contributed by atoms with Gasteiger partial charge in [-0.3, -0.25) is 4.90 Å². The maximum atomic E-state index is 13.3. The molecule has 3 nitrogen and oxygen atoms in total. The summed E-state index contributed by atoms with van der Waals surface area (Å²) in [7, 11) is -1.17. The number of halogens is 2. The van der Waals surface area contributed by atoms with Crippen LogP contribution in [-0.4, -0.2) is 38.4 Å². The summed E-state index contributed by atoms with van der Waals surface area (Å²) in [6.07, 6.45) is 1.22. The van der Waals surface area contributed by atoms with Crippen LogP contribution < -0.4 is 0 Å². The molecule has 18 heavy (non-hydrogen) atoms. The summed E-state index contributed by atoms with van der Waals surface area (Å²) in [6, 6.07) is 4.82. The first-order valence-electron chi connectivity index (χ1n) is 5.51. The zero-order chi connectivity index (χ0) is 13.9. The molecule has 0 aromatic heterocycles. The van der Waals surface area contributed by atoms with Crippen molar-refractivity contribution in [2.24, 2.45) is 0 Å². The Kier molecular flexibility index (Phi) is 5.31. The van der Waals surface area contributed by atoms with E-state index in [1.54, 1.807) is 6.07 Å². The fourth-order valence-electron chi connectivity index (χ4n) is 1.65. The molecule has 0 spiro atoms. The second-order valence-electron chi connectivity index (χ2n) is 4.61. The van der Waals surface area contributed by atoms with Gasteiger partial charge >= 0.3 is 0 Å². The Morgan fingerprint density at radius 3 is 2.56 bits per heavy atom. The van der Waals surface area contributed by atoms with Crippen molar-refractivity contribution < 1.29 is 12.8 Å². The lowest BCUT2D eigenvalue weighted by molar-refractivity contribution is 0.267. The molecule has 0 amide bonds. The highest BCUT2D eigenvalue weighted by atomic mass is 79.9. The van der Waals surface area contributed by atoms with Crippen LogP contribution in [0.4, 0.5) is 4.39 Å². The predicted molar refractivity (Wildman–Crippen MR) is 74.7 cm³/mol. The SMILES string of the molecule is C[C@H](CS(C)(=O)=O)N(C)Cc1ccc(Br)c(F)c1. The molecular weight excluding hydrogens is 321 g/mol. The number of hydrogen-bond donors (Lipinski definition) is 0. The van der Waals surface area contributed by atoms with Gasteiger partial charge < -0.3 is 0 Å². The molecule has 1 atom stereocenters. The normalized spacial score (nSPS) is 13.9. The summed E-state index contributed by atoms with van der Waals surface area (Å²) in [6.45, 7) is 2.36. The standard InChI is InChI=1S/C12H17BrFNO2S/c1-9(8-18(3,16)17)15(2)7-10-4-5-11(13)12(14)6-10/h4-6,9H,7-8H2,1-3H3/t9-/m1/s1. The van der Waals surface area contributed by atoms with Gasteiger partial charge in [-0.15, -0.1) is 0 Å². The van der Waals surface area contributed by atoms with E-state index < -0.39 is 9.84 Å². The molecule has 0 heterocycles. The number of benzene rings is 1. The van der Waals surface area contributed by atoms with Crippen molar-refractivity contribution in [3.63, 3.8) is 0 Å². The van der Waals surface area contributed by atoms with Crippen molar-refractivity contribution in [3.05, 3.63) is 34.1 Å². The highest BCUT2D eigenvalue weighted by molar-refractivity contribution is 9.10. The second kappa shape index (κ2) is 6.12. The molecule has 0 aliphatic heterocycles. The van der Waals surface area contributed by atoms with Gasteiger partial charge in [-0.1, -0.05) is 6.07 Å². The first-order chi connectivity index (χ1) is 8.19. The lowest BCUT2D eigenvalue weighted by Crippen LogP contribution is -2.34. The van der Waals surface area contributed by atoms with Gasteiger partial charge in [0.2, 0.25) is 0 Å². The first kappa shape index (κ1) is 15.6. The highest BCUT2D eigenvalue weighted by Gasteiger charge is 2.15. The predicted octanol–water partition coefficient (Wildman–Crippen LogP) is 2.45. The average molecular weight is 338 g/mol. The van der Waals surface area contributed by atoms with Gasteiger partial charge in [0.1, 0.15) is 15.7 Å². The summed E-state index contributed by atoms with van der Waals surface area (Å²) in [5, 5.41) is 0. The molecule has 6 heteroatoms. The third-order valence-corrected chi connectivity index (χ3v) is 4.44. The Hall–Kier alpha value is -0.460. The minimum absolute atomic E-state index is 0.0997. The smallest absolute Gasteiger partial charge is 0.148 e. The van der Waals surface area contributed by atoms with Gasteiger partial charge in [0.15, 0.2) is 0 Å². The Morgan fingerprint density at radius 2 is 2.06 bits per heavy atom. The maximum Gasteiger partial charge on any atom is 0.148 e. The minimum atomic E-state index is -3.00. The van der Waals surface area contributed by atoms with E-state index in [-0.39, 0.29) is 17.6 Å². The lowest BCUT2D eigenvalue weighted by Gasteiger charge is -2.24. The monoisotopic (exact) mass is 337 g/mol. The number of rotatable bonds is 5. The molecule has 0 aliphatic carbocycles. The largest absolute Gasteiger partial charge is 0.298 e. The van der Waals surface area contributed by atoms with E-state index in [1.165, 1.54) is 12.3 Å². The van der Waals surface area contributed by atoms with E-state index in [2.05, 4.69) is 15.9 Å². The van der Waals surface area contributed by atoms with E-state index >= 15 is 0 Å². The Morgan fingerprint density at radius 1 is 1.44 bits per heavy atom. The van der Waals surface area contributed by atoms with E-state index in [0.29, 0.717) is 11.0 Å². The van der Waals surface area contributed by atoms with Crippen LogP contribution in [0, 0.1) is 5.82 Å². The molecule has 0 saturated carbocycles. The Balaban J connectivity index is 2.69. The molecule has 1 aromatic rings. The number of nitrogens with zero attached hydrogens (tertiary/aromatic N) is 1. The van der Waals surface area contributed by atoms with Crippen molar-refractivity contribution in [2.45, 2.75) is 19.5 Å². The van der Waals surface area contributed by atoms with Crippen molar-refractivity contribution in [3.8, 4) is 0 Å². The van der Waals surface area contributed by atoms with Crippen molar-refractivity contribution in [2.75, 3.05) is 19.1 Å². The van der Waals surface area contributed by atoms with E-state index in [0.717, 1.165) is 5.56 Å². The molecule has 0 saturated heterocycles. The van der Waals surface area contributed by atoms with Crippen LogP contribution in [0.15, 0.2) is 22.7 Å². The lowest BCUT2D eigenvalue weighted by atomic mass is 10.2. The fourth-order valence-corrected chi connectivity index (χ4v) is 3.02. The topological polar surface area (TPSA) is 37.4 Å². The highest BCUT2D eigenvalue weighted by Crippen LogP contribution is 2.17. The van der Waals surface area contributed by atoms with Crippen molar-refractivity contribution in [1.29, 1.82) is 0 Å². The number of hydrogen-bond acceptors (Lipinski definition) is 3. The molecule has 0 bridgehead atoms. The van der Waals surface area contributed by atoms with Crippen LogP contribution in [0.5, 0.6) is 0 Å². The third kappa shape index (κ3) is 5.04. The van der Waals surface area contributed by atoms with Gasteiger partial charge in [0.05, 0.1) is 10.2 Å². The molecule has 0 aliphatic rings. The average Bonchev–Trinajstić information content (AvgIpc) is 2.21. The van der Waals surface area contributed by atoms with Gasteiger partial charge in [0, 0.05) is 18.8 Å². The molecule has 0 fully saturated rings. The molecule has 1 aromatic carbocycles. The summed E-state index contributed by atoms with van der Waals surface area (Å²) >= 11 is 3.10. The van der Waals surface area contributed by atoms with Gasteiger partial charge in [-0.05, 0) is 47.6 Å². The van der Waals surface area contributed by atoms with E-state index in [9.17, 15) is 12.8 Å². The Bertz CT molecular complexity index is 519. The Labute approximate surface area is 116 Å². The summed E-state index contributed by atoms with van der Waals surface area (Å²) in [5.74, 6) is -0.209. The van der Waals surface area contributed by atoms with Gasteiger partial charge in [-0.2, -0.15) is 0 Å². The third-order valence-electron chi connectivity index (χ3n) is 2.71. The van der Waals surface area contributed by atoms with Gasteiger partial charge in [-0.25, -0.2) is 12.8 Å². The fraction of sp³-hybridized carbons (Fsp3) is 0.500. The van der Waals surface area contributed by atoms with Crippen LogP contribution in [0.2, 0.25) is 0 Å². The quantitative estimate of drug-likeness (QED) is 0.828. The van der Waals surface area contributed by atoms with Crippen LogP contribution in [0.3, 0.4) is 0 Å². The van der Waals surface area contributed by atoms with Crippen LogP contribution in [0.25, 0.3) is 0 Å². The summed E-state index contributed by atoms with van der Waals surface area (Å²) in [5.41, 5.74) is 0.818. The molecule has 0 radical (unpaired) electrons. The number of sulfone groups is 1. The minimum Gasteiger partial charge on any atom is -0.298 e. The second-order valence-corrected chi connectivity index (χ2v) is 7.64. The van der Waals surface area contributed by atoms with E-state index in [4.69, 9.17) is 0 Å². The maximum absolute atomic E-state index is 13.3. The van der Waals surface area contributed by atoms with Crippen molar-refractivity contribution >= 4 is 25.8 Å². The molecular formula is C12H17BrFNO2S. The zero-order valence-electron chi connectivity index (χ0n) is 10.7. The van der Waals surface area contributed by atoms with E-state index in [1.807, 2.05) is 24.9 Å². The van der Waals surface area contributed by atoms with Crippen molar-refractivity contribution in [1.82, 2.24) is 4.90 Å². The van der Waals surface area contributed by atoms with Crippen LogP contribution >= 0.6 is 15.9 Å². The summed E-state index contributed by atoms with van der Waals surface area (Å²) < 4.78 is 36.2. The zero-order valence-corrected chi connectivity index (χ0v) is 13.1. The summed E-state index contributed by atoms with van der Waals surface area (Å²) in [4.78, 5) is 1.89.